The Morgan fingerprint density at radius 3 is 2.63 bits per heavy atom. The van der Waals surface area contributed by atoms with Crippen molar-refractivity contribution >= 4 is 22.5 Å². The molecule has 160 valence electrons. The number of nitrogens with one attached hydrogen (secondary N) is 1. The number of rotatable bonds is 9. The Hall–Kier alpha value is -2.41. The Labute approximate surface area is 181 Å². The fourth-order valence-corrected chi connectivity index (χ4v) is 3.72. The van der Waals surface area contributed by atoms with Crippen LogP contribution in [-0.2, 0) is 6.54 Å². The maximum absolute atomic E-state index is 12.4. The van der Waals surface area contributed by atoms with Gasteiger partial charge in [0.15, 0.2) is 0 Å². The number of hydrogen-bond donors (Lipinski definition) is 2. The van der Waals surface area contributed by atoms with E-state index in [0.29, 0.717) is 34.8 Å². The van der Waals surface area contributed by atoms with Crippen molar-refractivity contribution in [2.24, 2.45) is 0 Å². The molecule has 0 saturated carbocycles. The fraction of sp³-hybridized carbons (Fsp3) is 0.391. The van der Waals surface area contributed by atoms with Crippen LogP contribution in [0.4, 0.5) is 0 Å². The van der Waals surface area contributed by atoms with E-state index in [1.165, 1.54) is 0 Å². The van der Waals surface area contributed by atoms with Crippen molar-refractivity contribution in [2.45, 2.75) is 39.8 Å². The highest BCUT2D eigenvalue weighted by molar-refractivity contribution is 6.31. The lowest BCUT2D eigenvalue weighted by Crippen LogP contribution is -2.36. The molecule has 3 rings (SSSR count). The average molecular weight is 430 g/mol. The molecule has 1 aromatic heterocycles. The van der Waals surface area contributed by atoms with Crippen molar-refractivity contribution in [1.82, 2.24) is 14.9 Å². The number of aryl methyl sites for hydroxylation is 2. The number of aromatic amines is 1. The lowest BCUT2D eigenvalue weighted by Gasteiger charge is -2.24. The first-order chi connectivity index (χ1) is 14.3. The number of nitrogens with zero attached hydrogens (tertiary/aromatic N) is 2. The Balaban J connectivity index is 1.66. The van der Waals surface area contributed by atoms with Crippen LogP contribution in [0.3, 0.4) is 0 Å². The van der Waals surface area contributed by atoms with Crippen LogP contribution in [0, 0.1) is 13.8 Å². The van der Waals surface area contributed by atoms with Crippen molar-refractivity contribution in [1.29, 1.82) is 0 Å². The minimum atomic E-state index is -0.668. The molecule has 0 amide bonds. The van der Waals surface area contributed by atoms with Crippen LogP contribution >= 0.6 is 11.6 Å². The standard InChI is InChI=1S/C23H28ClN3O3/c1-4-7-27(12-18(28)14-30-19-9-15(2)8-16(3)10-19)13-22-25-21-11-17(24)5-6-20(21)23(29)26-22/h5-6,8-11,18,28H,4,7,12-14H2,1-3H3,(H,25,26,29). The number of benzene rings is 2. The smallest absolute Gasteiger partial charge is 0.258 e. The molecule has 2 aromatic carbocycles. The molecule has 0 aliphatic carbocycles. The van der Waals surface area contributed by atoms with Crippen molar-refractivity contribution in [3.8, 4) is 5.75 Å². The quantitative estimate of drug-likeness (QED) is 0.540. The zero-order chi connectivity index (χ0) is 21.7. The number of halogens is 1. The maximum Gasteiger partial charge on any atom is 0.258 e. The molecular weight excluding hydrogens is 402 g/mol. The third kappa shape index (κ3) is 6.05. The predicted molar refractivity (Wildman–Crippen MR) is 120 cm³/mol. The van der Waals surface area contributed by atoms with Crippen molar-refractivity contribution in [2.75, 3.05) is 19.7 Å². The van der Waals surface area contributed by atoms with Crippen molar-refractivity contribution in [3.05, 3.63) is 68.7 Å². The summed E-state index contributed by atoms with van der Waals surface area (Å²) < 4.78 is 5.78. The predicted octanol–water partition coefficient (Wildman–Crippen LogP) is 3.85. The molecule has 0 bridgehead atoms. The van der Waals surface area contributed by atoms with Gasteiger partial charge in [0.05, 0.1) is 17.4 Å². The first-order valence-electron chi connectivity index (χ1n) is 10.1. The molecule has 1 atom stereocenters. The van der Waals surface area contributed by atoms with Gasteiger partial charge in [0.2, 0.25) is 0 Å². The highest BCUT2D eigenvalue weighted by atomic mass is 35.5. The van der Waals surface area contributed by atoms with E-state index in [1.54, 1.807) is 18.2 Å². The zero-order valence-corrected chi connectivity index (χ0v) is 18.4. The molecule has 0 radical (unpaired) electrons. The fourth-order valence-electron chi connectivity index (χ4n) is 3.56. The van der Waals surface area contributed by atoms with E-state index in [2.05, 4.69) is 27.9 Å². The summed E-state index contributed by atoms with van der Waals surface area (Å²) in [7, 11) is 0. The second-order valence-electron chi connectivity index (χ2n) is 7.70. The van der Waals surface area contributed by atoms with Gasteiger partial charge in [0.25, 0.3) is 5.56 Å². The topological polar surface area (TPSA) is 78.5 Å². The van der Waals surface area contributed by atoms with Gasteiger partial charge in [-0.3, -0.25) is 9.69 Å². The van der Waals surface area contributed by atoms with Gasteiger partial charge in [-0.2, -0.15) is 0 Å². The molecule has 6 nitrogen and oxygen atoms in total. The average Bonchev–Trinajstić information content (AvgIpc) is 2.65. The van der Waals surface area contributed by atoms with Crippen LogP contribution in [0.15, 0.2) is 41.2 Å². The number of aliphatic hydroxyl groups excluding tert-OH is 1. The van der Waals surface area contributed by atoms with Gasteiger partial charge in [0, 0.05) is 11.6 Å². The monoisotopic (exact) mass is 429 g/mol. The molecule has 0 aliphatic rings. The number of H-pyrrole nitrogens is 1. The highest BCUT2D eigenvalue weighted by Gasteiger charge is 2.15. The van der Waals surface area contributed by atoms with Crippen molar-refractivity contribution in [3.63, 3.8) is 0 Å². The molecule has 7 heteroatoms. The van der Waals surface area contributed by atoms with Gasteiger partial charge < -0.3 is 14.8 Å². The normalized spacial score (nSPS) is 12.5. The molecule has 0 spiro atoms. The highest BCUT2D eigenvalue weighted by Crippen LogP contribution is 2.17. The summed E-state index contributed by atoms with van der Waals surface area (Å²) in [5.41, 5.74) is 2.62. The van der Waals surface area contributed by atoms with E-state index >= 15 is 0 Å². The molecule has 1 unspecified atom stereocenters. The lowest BCUT2D eigenvalue weighted by molar-refractivity contribution is 0.0647. The molecule has 0 fully saturated rings. The van der Waals surface area contributed by atoms with E-state index < -0.39 is 6.10 Å². The van der Waals surface area contributed by atoms with Crippen LogP contribution in [0.2, 0.25) is 5.02 Å². The van der Waals surface area contributed by atoms with Gasteiger partial charge in [0.1, 0.15) is 24.3 Å². The van der Waals surface area contributed by atoms with E-state index in [1.807, 2.05) is 26.0 Å². The number of aliphatic hydroxyl groups is 1. The Kier molecular flexibility index (Phi) is 7.48. The third-order valence-corrected chi connectivity index (χ3v) is 4.97. The van der Waals surface area contributed by atoms with Gasteiger partial charge in [-0.05, 0) is 68.3 Å². The van der Waals surface area contributed by atoms with Crippen LogP contribution in [0.25, 0.3) is 10.9 Å². The molecule has 0 saturated heterocycles. The minimum Gasteiger partial charge on any atom is -0.491 e. The number of hydrogen-bond acceptors (Lipinski definition) is 5. The lowest BCUT2D eigenvalue weighted by atomic mass is 10.1. The van der Waals surface area contributed by atoms with Crippen LogP contribution in [0.1, 0.15) is 30.3 Å². The van der Waals surface area contributed by atoms with Gasteiger partial charge >= 0.3 is 0 Å². The molecule has 30 heavy (non-hydrogen) atoms. The Morgan fingerprint density at radius 2 is 1.93 bits per heavy atom. The minimum absolute atomic E-state index is 0.193. The number of ether oxygens (including phenoxy) is 1. The second-order valence-corrected chi connectivity index (χ2v) is 8.13. The van der Waals surface area contributed by atoms with Crippen LogP contribution < -0.4 is 10.3 Å². The number of aromatic nitrogens is 2. The van der Waals surface area contributed by atoms with Gasteiger partial charge in [-0.25, -0.2) is 4.98 Å². The molecule has 3 aromatic rings. The summed E-state index contributed by atoms with van der Waals surface area (Å²) in [6.45, 7) is 7.90. The molecule has 0 aliphatic heterocycles. The zero-order valence-electron chi connectivity index (χ0n) is 17.6. The van der Waals surface area contributed by atoms with Crippen molar-refractivity contribution < 1.29 is 9.84 Å². The van der Waals surface area contributed by atoms with E-state index in [0.717, 1.165) is 29.8 Å². The van der Waals surface area contributed by atoms with Crippen LogP contribution in [0.5, 0.6) is 5.75 Å². The first kappa shape index (κ1) is 22.3. The largest absolute Gasteiger partial charge is 0.491 e. The summed E-state index contributed by atoms with van der Waals surface area (Å²) >= 11 is 6.04. The van der Waals surface area contributed by atoms with Gasteiger partial charge in [-0.15, -0.1) is 0 Å². The summed E-state index contributed by atoms with van der Waals surface area (Å²) in [5.74, 6) is 1.30. The molecular formula is C23H28ClN3O3. The Morgan fingerprint density at radius 1 is 1.20 bits per heavy atom. The van der Waals surface area contributed by atoms with E-state index in [4.69, 9.17) is 16.3 Å². The maximum atomic E-state index is 12.4. The first-order valence-corrected chi connectivity index (χ1v) is 10.5. The molecule has 1 heterocycles. The van der Waals surface area contributed by atoms with Gasteiger partial charge in [-0.1, -0.05) is 24.6 Å². The van der Waals surface area contributed by atoms with E-state index in [-0.39, 0.29) is 12.2 Å². The van der Waals surface area contributed by atoms with Crippen LogP contribution in [-0.4, -0.2) is 45.8 Å². The summed E-state index contributed by atoms with van der Waals surface area (Å²) in [5, 5.41) is 11.6. The summed E-state index contributed by atoms with van der Waals surface area (Å²) in [4.78, 5) is 21.8. The number of fused-ring (bicyclic) bond motifs is 1. The Bertz CT molecular complexity index is 1050. The summed E-state index contributed by atoms with van der Waals surface area (Å²) in [6.07, 6.45) is 0.243. The SMILES string of the molecule is CCCN(Cc1nc2cc(Cl)ccc2c(=O)[nH]1)CC(O)COc1cc(C)cc(C)c1. The molecule has 2 N–H and O–H groups in total. The second kappa shape index (κ2) is 10.1. The third-order valence-electron chi connectivity index (χ3n) is 4.74. The summed E-state index contributed by atoms with van der Waals surface area (Å²) in [6, 6.07) is 11.0. The van der Waals surface area contributed by atoms with E-state index in [9.17, 15) is 9.90 Å².